The zero-order valence-electron chi connectivity index (χ0n) is 10.6. The Morgan fingerprint density at radius 1 is 0.882 bits per heavy atom. The van der Waals surface area contributed by atoms with Crippen LogP contribution in [0.5, 0.6) is 0 Å². The Morgan fingerprint density at radius 3 is 2.06 bits per heavy atom. The third-order valence-corrected chi connectivity index (χ3v) is 4.48. The smallest absolute Gasteiger partial charge is 0.226 e. The molecule has 1 aliphatic heterocycles. The molecule has 0 aromatic rings. The van der Waals surface area contributed by atoms with Crippen molar-refractivity contribution in [3.8, 4) is 0 Å². The minimum Gasteiger partial charge on any atom is -0.381 e. The van der Waals surface area contributed by atoms with Crippen LogP contribution in [0.2, 0.25) is 0 Å². The molecular formula is C14H23NO2. The summed E-state index contributed by atoms with van der Waals surface area (Å²) in [5.74, 6) is 0.815. The van der Waals surface area contributed by atoms with E-state index >= 15 is 0 Å². The quantitative estimate of drug-likeness (QED) is 0.754. The van der Waals surface area contributed by atoms with Gasteiger partial charge in [-0.2, -0.15) is 0 Å². The van der Waals surface area contributed by atoms with Crippen LogP contribution in [0.1, 0.15) is 51.4 Å². The van der Waals surface area contributed by atoms with Crippen molar-refractivity contribution in [3.63, 3.8) is 0 Å². The number of carbonyl (C=O) groups excluding carboxylic acids is 1. The van der Waals surface area contributed by atoms with Gasteiger partial charge in [-0.05, 0) is 38.5 Å². The van der Waals surface area contributed by atoms with E-state index in [0.29, 0.717) is 23.9 Å². The van der Waals surface area contributed by atoms with Crippen LogP contribution < -0.4 is 0 Å². The van der Waals surface area contributed by atoms with Gasteiger partial charge >= 0.3 is 0 Å². The number of ether oxygens (including phenoxy) is 1. The molecule has 96 valence electrons. The topological polar surface area (TPSA) is 29.5 Å². The molecule has 1 saturated heterocycles. The molecule has 2 aliphatic carbocycles. The van der Waals surface area contributed by atoms with E-state index in [1.54, 1.807) is 0 Å². The number of amides is 1. The zero-order chi connectivity index (χ0) is 11.7. The van der Waals surface area contributed by atoms with Gasteiger partial charge in [-0.3, -0.25) is 4.79 Å². The molecular weight excluding hydrogens is 214 g/mol. The van der Waals surface area contributed by atoms with E-state index in [2.05, 4.69) is 4.90 Å². The van der Waals surface area contributed by atoms with E-state index in [1.807, 2.05) is 0 Å². The number of nitrogens with zero attached hydrogens (tertiary/aromatic N) is 1. The lowest BCUT2D eigenvalue weighted by molar-refractivity contribution is -0.140. The second-order valence-electron chi connectivity index (χ2n) is 5.80. The Balaban J connectivity index is 1.67. The van der Waals surface area contributed by atoms with Crippen LogP contribution in [-0.2, 0) is 9.53 Å². The van der Waals surface area contributed by atoms with Gasteiger partial charge in [0.15, 0.2) is 0 Å². The maximum atomic E-state index is 12.6. The maximum absolute atomic E-state index is 12.6. The summed E-state index contributed by atoms with van der Waals surface area (Å²) in [5, 5.41) is 0. The first-order chi connectivity index (χ1) is 8.36. The van der Waals surface area contributed by atoms with Crippen LogP contribution in [0.4, 0.5) is 0 Å². The molecule has 0 atom stereocenters. The summed E-state index contributed by atoms with van der Waals surface area (Å²) in [6, 6.07) is 1.05. The van der Waals surface area contributed by atoms with Gasteiger partial charge in [0.05, 0.1) is 0 Å². The van der Waals surface area contributed by atoms with Crippen LogP contribution in [0.3, 0.4) is 0 Å². The van der Waals surface area contributed by atoms with Gasteiger partial charge in [-0.15, -0.1) is 0 Å². The zero-order valence-corrected chi connectivity index (χ0v) is 10.6. The van der Waals surface area contributed by atoms with Gasteiger partial charge in [0.2, 0.25) is 5.91 Å². The molecule has 0 aromatic heterocycles. The summed E-state index contributed by atoms with van der Waals surface area (Å²) in [6.45, 7) is 1.68. The number of hydrogen-bond donors (Lipinski definition) is 0. The lowest BCUT2D eigenvalue weighted by Crippen LogP contribution is -2.47. The van der Waals surface area contributed by atoms with Crippen molar-refractivity contribution in [3.05, 3.63) is 0 Å². The summed E-state index contributed by atoms with van der Waals surface area (Å²) in [7, 11) is 0. The van der Waals surface area contributed by atoms with Gasteiger partial charge in [0, 0.05) is 31.2 Å². The predicted octanol–water partition coefficient (Wildman–Crippen LogP) is 2.35. The first kappa shape index (κ1) is 11.5. The third kappa shape index (κ3) is 2.49. The summed E-state index contributed by atoms with van der Waals surface area (Å²) in [4.78, 5) is 14.9. The van der Waals surface area contributed by atoms with Crippen LogP contribution in [0.15, 0.2) is 0 Å². The van der Waals surface area contributed by atoms with Crippen molar-refractivity contribution in [1.82, 2.24) is 4.90 Å². The SMILES string of the molecule is O=C(C1CCCC1)N(C1CCOCC1)C1CC1. The molecule has 3 rings (SSSR count). The molecule has 3 fully saturated rings. The van der Waals surface area contributed by atoms with E-state index in [9.17, 15) is 4.79 Å². The van der Waals surface area contributed by atoms with Gasteiger partial charge < -0.3 is 9.64 Å². The molecule has 2 saturated carbocycles. The largest absolute Gasteiger partial charge is 0.381 e. The molecule has 3 nitrogen and oxygen atoms in total. The monoisotopic (exact) mass is 237 g/mol. The molecule has 0 radical (unpaired) electrons. The highest BCUT2D eigenvalue weighted by molar-refractivity contribution is 5.80. The fraction of sp³-hybridized carbons (Fsp3) is 0.929. The molecule has 17 heavy (non-hydrogen) atoms. The summed E-state index contributed by atoms with van der Waals surface area (Å²) >= 11 is 0. The predicted molar refractivity (Wildman–Crippen MR) is 65.7 cm³/mol. The highest BCUT2D eigenvalue weighted by Crippen LogP contribution is 2.36. The van der Waals surface area contributed by atoms with Gasteiger partial charge in [0.1, 0.15) is 0 Å². The Hall–Kier alpha value is -0.570. The average molecular weight is 237 g/mol. The molecule has 3 heteroatoms. The van der Waals surface area contributed by atoms with E-state index < -0.39 is 0 Å². The van der Waals surface area contributed by atoms with Crippen molar-refractivity contribution >= 4 is 5.91 Å². The van der Waals surface area contributed by atoms with Crippen molar-refractivity contribution < 1.29 is 9.53 Å². The Labute approximate surface area is 104 Å². The van der Waals surface area contributed by atoms with Gasteiger partial charge in [-0.25, -0.2) is 0 Å². The normalized spacial score (nSPS) is 27.3. The van der Waals surface area contributed by atoms with Crippen molar-refractivity contribution in [2.24, 2.45) is 5.92 Å². The average Bonchev–Trinajstić information content (AvgIpc) is 3.04. The molecule has 0 N–H and O–H groups in total. The molecule has 0 spiro atoms. The van der Waals surface area contributed by atoms with Crippen LogP contribution >= 0.6 is 0 Å². The lowest BCUT2D eigenvalue weighted by Gasteiger charge is -2.36. The second-order valence-corrected chi connectivity index (χ2v) is 5.80. The second kappa shape index (κ2) is 4.97. The first-order valence-electron chi connectivity index (χ1n) is 7.26. The summed E-state index contributed by atoms with van der Waals surface area (Å²) in [5.41, 5.74) is 0. The first-order valence-corrected chi connectivity index (χ1v) is 7.26. The molecule has 0 aromatic carbocycles. The third-order valence-electron chi connectivity index (χ3n) is 4.48. The number of hydrogen-bond acceptors (Lipinski definition) is 2. The Bertz CT molecular complexity index is 276. The number of carbonyl (C=O) groups is 1. The van der Waals surface area contributed by atoms with E-state index in [4.69, 9.17) is 4.74 Å². The Morgan fingerprint density at radius 2 is 1.47 bits per heavy atom. The fourth-order valence-electron chi connectivity index (χ4n) is 3.36. The highest BCUT2D eigenvalue weighted by Gasteiger charge is 2.40. The summed E-state index contributed by atoms with van der Waals surface area (Å²) in [6.07, 6.45) is 9.33. The van der Waals surface area contributed by atoms with Crippen LogP contribution in [-0.4, -0.2) is 36.1 Å². The van der Waals surface area contributed by atoms with Gasteiger partial charge in [0.25, 0.3) is 0 Å². The van der Waals surface area contributed by atoms with Crippen molar-refractivity contribution in [2.45, 2.75) is 63.5 Å². The maximum Gasteiger partial charge on any atom is 0.226 e. The van der Waals surface area contributed by atoms with Crippen molar-refractivity contribution in [2.75, 3.05) is 13.2 Å². The summed E-state index contributed by atoms with van der Waals surface area (Å²) < 4.78 is 5.42. The van der Waals surface area contributed by atoms with E-state index in [1.165, 1.54) is 25.7 Å². The molecule has 3 aliphatic rings. The van der Waals surface area contributed by atoms with Crippen LogP contribution in [0, 0.1) is 5.92 Å². The molecule has 0 bridgehead atoms. The molecule has 1 heterocycles. The van der Waals surface area contributed by atoms with E-state index in [-0.39, 0.29) is 0 Å². The van der Waals surface area contributed by atoms with Crippen LogP contribution in [0.25, 0.3) is 0 Å². The number of rotatable bonds is 3. The Kier molecular flexibility index (Phi) is 3.37. The fourth-order valence-corrected chi connectivity index (χ4v) is 3.36. The molecule has 1 amide bonds. The minimum absolute atomic E-state index is 0.346. The molecule has 0 unspecified atom stereocenters. The highest BCUT2D eigenvalue weighted by atomic mass is 16.5. The minimum atomic E-state index is 0.346. The van der Waals surface area contributed by atoms with Crippen molar-refractivity contribution in [1.29, 1.82) is 0 Å². The standard InChI is InChI=1S/C14H23NO2/c16-14(11-3-1-2-4-11)15(12-5-6-12)13-7-9-17-10-8-13/h11-13H,1-10H2. The van der Waals surface area contributed by atoms with Gasteiger partial charge in [-0.1, -0.05) is 12.8 Å². The van der Waals surface area contributed by atoms with E-state index in [0.717, 1.165) is 38.9 Å². The lowest BCUT2D eigenvalue weighted by atomic mass is 10.0.